The predicted molar refractivity (Wildman–Crippen MR) is 231 cm³/mol. The van der Waals surface area contributed by atoms with Gasteiger partial charge in [-0.1, -0.05) is 130 Å². The largest absolute Gasteiger partial charge is 0.492 e. The molecule has 0 amide bonds. The molecule has 0 saturated carbocycles. The smallest absolute Gasteiger partial charge is 0.282 e. The molecule has 0 N–H and O–H groups in total. The highest BCUT2D eigenvalue weighted by Gasteiger charge is 2.52. The van der Waals surface area contributed by atoms with Crippen molar-refractivity contribution >= 4 is 30.5 Å². The third-order valence-electron chi connectivity index (χ3n) is 11.5. The summed E-state index contributed by atoms with van der Waals surface area (Å²) < 4.78 is 59.5. The van der Waals surface area contributed by atoms with Gasteiger partial charge in [0.2, 0.25) is 0 Å². The Morgan fingerprint density at radius 1 is 0.789 bits per heavy atom. The first-order valence-electron chi connectivity index (χ1n) is 20.1. The summed E-state index contributed by atoms with van der Waals surface area (Å²) >= 11 is 1.80. The molecular weight excluding hydrogens is 754 g/mol. The molecule has 0 aliphatic carbocycles. The van der Waals surface area contributed by atoms with Gasteiger partial charge in [-0.25, -0.2) is 8.78 Å². The number of likely N-dealkylation sites (tertiary alicyclic amines) is 1. The normalized spacial score (nSPS) is 18.2. The molecule has 2 atom stereocenters. The summed E-state index contributed by atoms with van der Waals surface area (Å²) in [4.78, 5) is 5.35. The van der Waals surface area contributed by atoms with Crippen LogP contribution in [0.3, 0.4) is 0 Å². The molecule has 2 heterocycles. The van der Waals surface area contributed by atoms with Crippen molar-refractivity contribution in [3.05, 3.63) is 156 Å². The van der Waals surface area contributed by atoms with Crippen LogP contribution in [0.4, 0.5) is 13.2 Å². The maximum absolute atomic E-state index is 16.9. The summed E-state index contributed by atoms with van der Waals surface area (Å²) in [6.07, 6.45) is 0.665. The number of alkyl halides is 3. The van der Waals surface area contributed by atoms with Gasteiger partial charge in [0.25, 0.3) is 14.2 Å². The van der Waals surface area contributed by atoms with Crippen molar-refractivity contribution in [1.82, 2.24) is 9.80 Å². The monoisotopic (exact) mass is 808 g/mol. The average molecular weight is 809 g/mol. The molecular formula is C48H55F3N2O2SSi. The minimum absolute atomic E-state index is 0.140. The van der Waals surface area contributed by atoms with Gasteiger partial charge in [0.05, 0.1) is 25.9 Å². The van der Waals surface area contributed by atoms with Gasteiger partial charge in [-0.3, -0.25) is 14.2 Å². The number of thioether (sulfide) groups is 1. The summed E-state index contributed by atoms with van der Waals surface area (Å²) in [6.45, 7) is 9.80. The minimum atomic E-state index is -3.18. The van der Waals surface area contributed by atoms with E-state index in [1.807, 2.05) is 95.9 Å². The number of fused-ring (bicyclic) bond motifs is 1. The van der Waals surface area contributed by atoms with E-state index in [-0.39, 0.29) is 24.7 Å². The fraction of sp³-hybridized carbons (Fsp3) is 0.375. The molecule has 0 unspecified atom stereocenters. The summed E-state index contributed by atoms with van der Waals surface area (Å²) in [5.74, 6) is -1.42. The van der Waals surface area contributed by atoms with E-state index in [0.717, 1.165) is 52.6 Å². The molecule has 1 saturated heterocycles. The van der Waals surface area contributed by atoms with Crippen molar-refractivity contribution in [3.63, 3.8) is 0 Å². The van der Waals surface area contributed by atoms with Crippen molar-refractivity contribution in [1.29, 1.82) is 0 Å². The van der Waals surface area contributed by atoms with Gasteiger partial charge in [0.1, 0.15) is 12.4 Å². The number of benzene rings is 5. The first-order chi connectivity index (χ1) is 27.5. The number of halogens is 3. The van der Waals surface area contributed by atoms with Crippen molar-refractivity contribution in [2.45, 2.75) is 67.8 Å². The van der Waals surface area contributed by atoms with Crippen LogP contribution in [0.15, 0.2) is 138 Å². The van der Waals surface area contributed by atoms with E-state index in [1.165, 1.54) is 16.0 Å². The van der Waals surface area contributed by atoms with Crippen LogP contribution in [-0.2, 0) is 16.6 Å². The second-order valence-corrected chi connectivity index (χ2v) is 22.1. The Morgan fingerprint density at radius 2 is 1.40 bits per heavy atom. The topological polar surface area (TPSA) is 24.9 Å². The van der Waals surface area contributed by atoms with Crippen molar-refractivity contribution in [2.75, 3.05) is 46.1 Å². The van der Waals surface area contributed by atoms with Crippen LogP contribution in [0, 0.1) is 5.92 Å². The number of hydrogen-bond acceptors (Lipinski definition) is 5. The molecule has 2 aliphatic heterocycles. The molecule has 7 rings (SSSR count). The Bertz CT molecular complexity index is 1990. The van der Waals surface area contributed by atoms with Gasteiger partial charge in [-0.2, -0.15) is 0 Å². The van der Waals surface area contributed by atoms with E-state index in [4.69, 9.17) is 9.16 Å². The number of ether oxygens (including phenoxy) is 1. The highest BCUT2D eigenvalue weighted by Crippen LogP contribution is 2.43. The minimum Gasteiger partial charge on any atom is -0.492 e. The zero-order valence-electron chi connectivity index (χ0n) is 33.6. The van der Waals surface area contributed by atoms with Crippen LogP contribution in [0.5, 0.6) is 5.75 Å². The highest BCUT2D eigenvalue weighted by molar-refractivity contribution is 7.98. The summed E-state index contributed by atoms with van der Waals surface area (Å²) in [6, 6.07) is 44.3. The number of rotatable bonds is 16. The first kappa shape index (κ1) is 41.3. The van der Waals surface area contributed by atoms with Crippen molar-refractivity contribution in [2.24, 2.45) is 5.92 Å². The maximum atomic E-state index is 16.9. The van der Waals surface area contributed by atoms with Gasteiger partial charge in [0.15, 0.2) is 0 Å². The van der Waals surface area contributed by atoms with Gasteiger partial charge < -0.3 is 9.16 Å². The van der Waals surface area contributed by atoms with E-state index >= 15 is 8.78 Å². The Hall–Kier alpha value is -3.86. The Labute approximate surface area is 342 Å². The Kier molecular flexibility index (Phi) is 13.0. The molecule has 9 heteroatoms. The third kappa shape index (κ3) is 9.55. The van der Waals surface area contributed by atoms with Crippen LogP contribution in [0.2, 0.25) is 5.04 Å². The molecule has 57 heavy (non-hydrogen) atoms. The molecule has 0 aromatic heterocycles. The van der Waals surface area contributed by atoms with Gasteiger partial charge in [-0.15, -0.1) is 11.8 Å². The zero-order valence-corrected chi connectivity index (χ0v) is 35.4. The number of hydrogen-bond donors (Lipinski definition) is 0. The van der Waals surface area contributed by atoms with E-state index in [2.05, 4.69) is 75.1 Å². The zero-order chi connectivity index (χ0) is 40.0. The predicted octanol–water partition coefficient (Wildman–Crippen LogP) is 9.81. The molecule has 5 aromatic rings. The fourth-order valence-electron chi connectivity index (χ4n) is 8.63. The lowest BCUT2D eigenvalue weighted by molar-refractivity contribution is -0.0818. The fourth-order valence-corrected chi connectivity index (χ4v) is 14.1. The molecule has 5 aromatic carbocycles. The summed E-state index contributed by atoms with van der Waals surface area (Å²) in [5.41, 5.74) is 4.44. The molecule has 4 nitrogen and oxygen atoms in total. The average Bonchev–Trinajstić information content (AvgIpc) is 3.19. The van der Waals surface area contributed by atoms with E-state index in [9.17, 15) is 4.39 Å². The standard InChI is InChI=1S/C48H55F3N2O2SSi/c1-36-28-40-29-42(56-33-37-14-8-5-9-15-37)24-25-45(40)46(39-20-22-41(23-21-39)54-27-26-52-31-38(30-49)32-52)53(36)34-48(50,51)35-55-57(47(2,3)4,43-16-10-6-11-17-43)44-18-12-7-13-19-44/h5-25,29,36,38,46H,26-28,30-35H2,1-4H3/t36-,46-/m1/s1. The van der Waals surface area contributed by atoms with Crippen LogP contribution < -0.4 is 15.1 Å². The molecule has 1 fully saturated rings. The van der Waals surface area contributed by atoms with E-state index in [1.54, 1.807) is 11.8 Å². The van der Waals surface area contributed by atoms with Crippen molar-refractivity contribution in [3.8, 4) is 5.75 Å². The summed E-state index contributed by atoms with van der Waals surface area (Å²) in [7, 11) is -3.18. The van der Waals surface area contributed by atoms with Gasteiger partial charge in [-0.05, 0) is 75.3 Å². The van der Waals surface area contributed by atoms with Crippen LogP contribution in [-0.4, -0.2) is 76.1 Å². The lowest BCUT2D eigenvalue weighted by Gasteiger charge is -2.46. The number of nitrogens with zero attached hydrogens (tertiary/aromatic N) is 2. The van der Waals surface area contributed by atoms with Crippen LogP contribution in [0.25, 0.3) is 0 Å². The summed E-state index contributed by atoms with van der Waals surface area (Å²) in [5, 5.41) is 1.54. The Balaban J connectivity index is 1.15. The van der Waals surface area contributed by atoms with Crippen molar-refractivity contribution < 1.29 is 22.3 Å². The third-order valence-corrected chi connectivity index (χ3v) is 17.6. The van der Waals surface area contributed by atoms with E-state index < -0.39 is 32.4 Å². The Morgan fingerprint density at radius 3 is 2.00 bits per heavy atom. The van der Waals surface area contributed by atoms with E-state index in [0.29, 0.717) is 13.0 Å². The lowest BCUT2D eigenvalue weighted by atomic mass is 9.85. The molecule has 300 valence electrons. The maximum Gasteiger partial charge on any atom is 0.282 e. The highest BCUT2D eigenvalue weighted by atomic mass is 32.2. The molecule has 0 bridgehead atoms. The lowest BCUT2D eigenvalue weighted by Crippen LogP contribution is -2.67. The van der Waals surface area contributed by atoms with Gasteiger partial charge >= 0.3 is 0 Å². The quantitative estimate of drug-likeness (QED) is 0.0731. The second kappa shape index (κ2) is 18.0. The van der Waals surface area contributed by atoms with Crippen LogP contribution in [0.1, 0.15) is 56.0 Å². The van der Waals surface area contributed by atoms with Crippen LogP contribution >= 0.6 is 11.8 Å². The SMILES string of the molecule is C[C@@H]1Cc2cc(SCc3ccccc3)ccc2[C@@H](c2ccc(OCCN3CC(CF)C3)cc2)N1CC(F)(F)CO[Si](c1ccccc1)(c1ccccc1)C(C)(C)C. The molecule has 0 spiro atoms. The molecule has 0 radical (unpaired) electrons. The second-order valence-electron chi connectivity index (χ2n) is 16.8. The van der Waals surface area contributed by atoms with Gasteiger partial charge in [0, 0.05) is 42.2 Å². The molecule has 2 aliphatic rings. The first-order valence-corrected chi connectivity index (χ1v) is 23.0.